The molecule has 7 heteroatoms. The molecule has 0 aliphatic carbocycles. The lowest BCUT2D eigenvalue weighted by atomic mass is 10.0. The highest BCUT2D eigenvalue weighted by molar-refractivity contribution is 6.39. The quantitative estimate of drug-likeness (QED) is 0.814. The van der Waals surface area contributed by atoms with Crippen LogP contribution in [0.1, 0.15) is 18.4 Å². The number of nitrogens with zero attached hydrogens (tertiary/aromatic N) is 3. The number of aliphatic imine (C=N–C) groups is 1. The minimum atomic E-state index is -0.264. The van der Waals surface area contributed by atoms with Crippen LogP contribution in [0.3, 0.4) is 0 Å². The van der Waals surface area contributed by atoms with Crippen LogP contribution in [0.5, 0.6) is 0 Å². The van der Waals surface area contributed by atoms with E-state index in [-0.39, 0.29) is 30.2 Å². The summed E-state index contributed by atoms with van der Waals surface area (Å²) >= 11 is 0. The van der Waals surface area contributed by atoms with E-state index in [1.165, 1.54) is 10.6 Å². The molecular weight excluding hydrogens is 366 g/mol. The Labute approximate surface area is 170 Å². The predicted molar refractivity (Wildman–Crippen MR) is 112 cm³/mol. The van der Waals surface area contributed by atoms with Crippen molar-refractivity contribution in [3.8, 4) is 0 Å². The first kappa shape index (κ1) is 19.1. The molecule has 2 aliphatic rings. The van der Waals surface area contributed by atoms with Gasteiger partial charge in [-0.1, -0.05) is 48.5 Å². The van der Waals surface area contributed by atoms with Crippen LogP contribution in [-0.2, 0) is 16.1 Å². The lowest BCUT2D eigenvalue weighted by Gasteiger charge is -2.33. The highest BCUT2D eigenvalue weighted by Crippen LogP contribution is 2.15. The summed E-state index contributed by atoms with van der Waals surface area (Å²) in [5, 5.41) is 4.44. The van der Waals surface area contributed by atoms with E-state index in [4.69, 9.17) is 0 Å². The molecule has 0 atom stereocenters. The van der Waals surface area contributed by atoms with E-state index in [1.54, 1.807) is 0 Å². The van der Waals surface area contributed by atoms with Crippen molar-refractivity contribution in [2.75, 3.05) is 24.6 Å². The van der Waals surface area contributed by atoms with Gasteiger partial charge in [-0.25, -0.2) is 5.01 Å². The Bertz CT molecular complexity index is 877. The van der Waals surface area contributed by atoms with Crippen molar-refractivity contribution in [1.29, 1.82) is 0 Å². The molecule has 0 radical (unpaired) electrons. The van der Waals surface area contributed by atoms with E-state index >= 15 is 0 Å². The first-order valence-electron chi connectivity index (χ1n) is 9.95. The molecule has 0 bridgehead atoms. The summed E-state index contributed by atoms with van der Waals surface area (Å²) in [5.41, 5.74) is 4.86. The van der Waals surface area contributed by atoms with Crippen LogP contribution >= 0.6 is 0 Å². The van der Waals surface area contributed by atoms with Gasteiger partial charge in [0.25, 0.3) is 11.8 Å². The van der Waals surface area contributed by atoms with Gasteiger partial charge in [0.1, 0.15) is 6.54 Å². The van der Waals surface area contributed by atoms with Crippen LogP contribution in [0.15, 0.2) is 65.7 Å². The summed E-state index contributed by atoms with van der Waals surface area (Å²) in [6.07, 6.45) is 1.79. The van der Waals surface area contributed by atoms with Crippen molar-refractivity contribution < 1.29 is 9.59 Å². The summed E-state index contributed by atoms with van der Waals surface area (Å²) in [6, 6.07) is 19.7. The first-order chi connectivity index (χ1) is 14.2. The van der Waals surface area contributed by atoms with Crippen LogP contribution in [0.2, 0.25) is 0 Å². The fraction of sp³-hybridized carbons (Fsp3) is 0.318. The van der Waals surface area contributed by atoms with Crippen LogP contribution in [0, 0.1) is 0 Å². The summed E-state index contributed by atoms with van der Waals surface area (Å²) in [5.74, 6) is -0.276. The number of amides is 2. The molecule has 0 unspecified atom stereocenters. The third kappa shape index (κ3) is 4.81. The summed E-state index contributed by atoms with van der Waals surface area (Å²) in [7, 11) is 0. The second kappa shape index (κ2) is 8.87. The van der Waals surface area contributed by atoms with E-state index in [9.17, 15) is 9.59 Å². The third-order valence-corrected chi connectivity index (χ3v) is 5.24. The number of piperidine rings is 1. The fourth-order valence-electron chi connectivity index (χ4n) is 3.66. The molecule has 1 fully saturated rings. The molecule has 1 saturated heterocycles. The molecule has 2 aliphatic heterocycles. The van der Waals surface area contributed by atoms with Gasteiger partial charge in [-0.15, -0.1) is 0 Å². The monoisotopic (exact) mass is 391 g/mol. The molecule has 2 N–H and O–H groups in total. The fourth-order valence-corrected chi connectivity index (χ4v) is 3.66. The maximum atomic E-state index is 12.7. The van der Waals surface area contributed by atoms with E-state index in [0.717, 1.165) is 32.5 Å². The number of anilines is 1. The maximum absolute atomic E-state index is 12.7. The van der Waals surface area contributed by atoms with E-state index in [1.807, 2.05) is 36.4 Å². The first-order valence-corrected chi connectivity index (χ1v) is 9.95. The molecule has 2 aromatic rings. The molecule has 29 heavy (non-hydrogen) atoms. The van der Waals surface area contributed by atoms with Crippen LogP contribution < -0.4 is 15.8 Å². The molecule has 2 heterocycles. The molecule has 150 valence electrons. The smallest absolute Gasteiger partial charge is 0.288 e. The van der Waals surface area contributed by atoms with Gasteiger partial charge < -0.3 is 5.32 Å². The van der Waals surface area contributed by atoms with Crippen molar-refractivity contribution >= 4 is 23.3 Å². The van der Waals surface area contributed by atoms with Crippen LogP contribution in [-0.4, -0.2) is 48.2 Å². The minimum absolute atomic E-state index is 0.0415. The number of hydrogen-bond acceptors (Lipinski definition) is 5. The lowest BCUT2D eigenvalue weighted by molar-refractivity contribution is -0.118. The molecule has 2 amide bonds. The minimum Gasteiger partial charge on any atom is -0.347 e. The van der Waals surface area contributed by atoms with Crippen molar-refractivity contribution in [1.82, 2.24) is 15.6 Å². The van der Waals surface area contributed by atoms with Gasteiger partial charge >= 0.3 is 0 Å². The summed E-state index contributed by atoms with van der Waals surface area (Å²) in [6.45, 7) is 2.77. The number of carbonyl (C=O) groups is 2. The summed E-state index contributed by atoms with van der Waals surface area (Å²) in [4.78, 5) is 31.3. The number of hydrazine groups is 1. The zero-order valence-electron chi connectivity index (χ0n) is 16.3. The average molecular weight is 391 g/mol. The number of amidine groups is 1. The maximum Gasteiger partial charge on any atom is 0.288 e. The van der Waals surface area contributed by atoms with Gasteiger partial charge in [0.15, 0.2) is 0 Å². The number of rotatable bonds is 5. The SMILES string of the molecule is O=C(NC1CCN(Cc2ccccc2)CC1)C1=NCC(=O)N(c2ccccc2)N1. The number of benzene rings is 2. The van der Waals surface area contributed by atoms with Gasteiger partial charge in [0, 0.05) is 25.7 Å². The highest BCUT2D eigenvalue weighted by atomic mass is 16.2. The third-order valence-electron chi connectivity index (χ3n) is 5.24. The Morgan fingerprint density at radius 1 is 1.03 bits per heavy atom. The van der Waals surface area contributed by atoms with Crippen LogP contribution in [0.25, 0.3) is 0 Å². The lowest BCUT2D eigenvalue weighted by Crippen LogP contribution is -2.57. The number of nitrogens with one attached hydrogen (secondary N) is 2. The van der Waals surface area contributed by atoms with Gasteiger partial charge in [0.2, 0.25) is 5.84 Å². The number of para-hydroxylation sites is 1. The summed E-state index contributed by atoms with van der Waals surface area (Å²) < 4.78 is 0. The Balaban J connectivity index is 1.29. The van der Waals surface area contributed by atoms with E-state index < -0.39 is 0 Å². The number of likely N-dealkylation sites (tertiary alicyclic amines) is 1. The van der Waals surface area contributed by atoms with Crippen LogP contribution in [0.4, 0.5) is 5.69 Å². The standard InChI is InChI=1S/C22H25N5O2/c28-20-15-23-21(25-27(20)19-9-5-2-6-10-19)22(29)24-18-11-13-26(14-12-18)16-17-7-3-1-4-8-17/h1-10,18H,11-16H2,(H,23,25)(H,24,29). The van der Waals surface area contributed by atoms with Gasteiger partial charge in [-0.3, -0.25) is 24.9 Å². The van der Waals surface area contributed by atoms with E-state index in [2.05, 4.69) is 44.9 Å². The Hall–Kier alpha value is -3.19. The molecule has 0 spiro atoms. The molecule has 4 rings (SSSR count). The zero-order valence-corrected chi connectivity index (χ0v) is 16.3. The largest absolute Gasteiger partial charge is 0.347 e. The van der Waals surface area contributed by atoms with Crippen molar-refractivity contribution in [3.05, 3.63) is 66.2 Å². The average Bonchev–Trinajstić information content (AvgIpc) is 2.77. The molecule has 2 aromatic carbocycles. The second-order valence-corrected chi connectivity index (χ2v) is 7.35. The zero-order chi connectivity index (χ0) is 20.1. The van der Waals surface area contributed by atoms with Gasteiger partial charge in [0.05, 0.1) is 5.69 Å². The number of carbonyl (C=O) groups excluding carboxylic acids is 2. The Kier molecular flexibility index (Phi) is 5.86. The topological polar surface area (TPSA) is 77.0 Å². The Morgan fingerprint density at radius 2 is 1.69 bits per heavy atom. The molecular formula is C22H25N5O2. The molecule has 7 nitrogen and oxygen atoms in total. The highest BCUT2D eigenvalue weighted by Gasteiger charge is 2.28. The predicted octanol–water partition coefficient (Wildman–Crippen LogP) is 1.72. The Morgan fingerprint density at radius 3 is 2.38 bits per heavy atom. The van der Waals surface area contributed by atoms with Gasteiger partial charge in [-0.05, 0) is 30.5 Å². The number of hydrogen-bond donors (Lipinski definition) is 2. The normalized spacial score (nSPS) is 18.1. The van der Waals surface area contributed by atoms with Crippen molar-refractivity contribution in [2.24, 2.45) is 4.99 Å². The molecule has 0 saturated carbocycles. The molecule has 0 aromatic heterocycles. The van der Waals surface area contributed by atoms with Gasteiger partial charge in [-0.2, -0.15) is 0 Å². The van der Waals surface area contributed by atoms with Crippen molar-refractivity contribution in [3.63, 3.8) is 0 Å². The second-order valence-electron chi connectivity index (χ2n) is 7.35. The van der Waals surface area contributed by atoms with Crippen molar-refractivity contribution in [2.45, 2.75) is 25.4 Å². The van der Waals surface area contributed by atoms with E-state index in [0.29, 0.717) is 5.69 Å².